The predicted molar refractivity (Wildman–Crippen MR) is 74.4 cm³/mol. The number of hydrogen-bond acceptors (Lipinski definition) is 2. The summed E-state index contributed by atoms with van der Waals surface area (Å²) in [6.07, 6.45) is 2.68. The van der Waals surface area contributed by atoms with Crippen LogP contribution in [0.1, 0.15) is 19.4 Å². The lowest BCUT2D eigenvalue weighted by Gasteiger charge is -2.12. The van der Waals surface area contributed by atoms with Crippen molar-refractivity contribution in [2.24, 2.45) is 18.7 Å². The number of rotatable bonds is 4. The number of hydrogen-bond donors (Lipinski definition) is 1. The standard InChI is InChI=1S/C15H20N2O/c1-10(2)15(18)13(16)8-11-9-17(3)14-7-5-4-6-12(11)14/h4-7,9-10,13H,8,16H2,1-3H3. The summed E-state index contributed by atoms with van der Waals surface area (Å²) in [7, 11) is 2.02. The zero-order valence-corrected chi connectivity index (χ0v) is 11.2. The number of benzene rings is 1. The molecular formula is C15H20N2O. The van der Waals surface area contributed by atoms with E-state index in [1.165, 1.54) is 10.9 Å². The Morgan fingerprint density at radius 1 is 1.33 bits per heavy atom. The maximum Gasteiger partial charge on any atom is 0.152 e. The van der Waals surface area contributed by atoms with Gasteiger partial charge in [-0.05, 0) is 18.1 Å². The number of carbonyl (C=O) groups is 1. The van der Waals surface area contributed by atoms with E-state index < -0.39 is 6.04 Å². The van der Waals surface area contributed by atoms with E-state index in [0.29, 0.717) is 6.42 Å². The topological polar surface area (TPSA) is 48.0 Å². The second-order valence-electron chi connectivity index (χ2n) is 5.15. The number of para-hydroxylation sites is 1. The predicted octanol–water partition coefficient (Wildman–Crippen LogP) is 2.27. The molecule has 2 rings (SSSR count). The number of nitrogens with two attached hydrogens (primary N) is 1. The summed E-state index contributed by atoms with van der Waals surface area (Å²) in [5.74, 6) is 0.123. The quantitative estimate of drug-likeness (QED) is 0.897. The SMILES string of the molecule is CC(C)C(=O)C(N)Cc1cn(C)c2ccccc12. The van der Waals surface area contributed by atoms with Gasteiger partial charge in [0.2, 0.25) is 0 Å². The zero-order chi connectivity index (χ0) is 13.3. The van der Waals surface area contributed by atoms with Crippen molar-refractivity contribution in [2.45, 2.75) is 26.3 Å². The Morgan fingerprint density at radius 3 is 2.67 bits per heavy atom. The van der Waals surface area contributed by atoms with Crippen LogP contribution in [0.2, 0.25) is 0 Å². The highest BCUT2D eigenvalue weighted by molar-refractivity contribution is 5.88. The largest absolute Gasteiger partial charge is 0.350 e. The molecule has 0 fully saturated rings. The Balaban J connectivity index is 2.30. The lowest BCUT2D eigenvalue weighted by molar-refractivity contribution is -0.123. The average Bonchev–Trinajstić information content (AvgIpc) is 2.66. The van der Waals surface area contributed by atoms with Crippen LogP contribution >= 0.6 is 0 Å². The van der Waals surface area contributed by atoms with E-state index in [1.807, 2.05) is 33.0 Å². The highest BCUT2D eigenvalue weighted by atomic mass is 16.1. The minimum absolute atomic E-state index is 0.00465. The molecule has 0 aliphatic rings. The van der Waals surface area contributed by atoms with Gasteiger partial charge in [-0.1, -0.05) is 32.0 Å². The second kappa shape index (κ2) is 4.94. The Hall–Kier alpha value is -1.61. The Morgan fingerprint density at radius 2 is 2.00 bits per heavy atom. The van der Waals surface area contributed by atoms with E-state index >= 15 is 0 Å². The Kier molecular flexibility index (Phi) is 3.53. The fraction of sp³-hybridized carbons (Fsp3) is 0.400. The first-order valence-corrected chi connectivity index (χ1v) is 6.33. The first-order chi connectivity index (χ1) is 8.50. The molecule has 1 unspecified atom stereocenters. The number of carbonyl (C=O) groups excluding carboxylic acids is 1. The molecular weight excluding hydrogens is 224 g/mol. The third-order valence-electron chi connectivity index (χ3n) is 3.35. The van der Waals surface area contributed by atoms with Crippen molar-refractivity contribution in [1.29, 1.82) is 0 Å². The van der Waals surface area contributed by atoms with Gasteiger partial charge in [-0.15, -0.1) is 0 Å². The molecule has 3 heteroatoms. The molecule has 1 atom stereocenters. The van der Waals surface area contributed by atoms with Gasteiger partial charge in [-0.3, -0.25) is 4.79 Å². The lowest BCUT2D eigenvalue weighted by Crippen LogP contribution is -2.35. The van der Waals surface area contributed by atoms with Gasteiger partial charge in [0, 0.05) is 30.1 Å². The minimum atomic E-state index is -0.407. The number of fused-ring (bicyclic) bond motifs is 1. The van der Waals surface area contributed by atoms with Crippen LogP contribution in [0.4, 0.5) is 0 Å². The summed E-state index contributed by atoms with van der Waals surface area (Å²) in [5.41, 5.74) is 8.32. The van der Waals surface area contributed by atoms with Gasteiger partial charge in [0.05, 0.1) is 6.04 Å². The van der Waals surface area contributed by atoms with Gasteiger partial charge >= 0.3 is 0 Å². The molecule has 1 heterocycles. The third-order valence-corrected chi connectivity index (χ3v) is 3.35. The van der Waals surface area contributed by atoms with Crippen LogP contribution in [0.3, 0.4) is 0 Å². The van der Waals surface area contributed by atoms with Crippen LogP contribution in [0.25, 0.3) is 10.9 Å². The van der Waals surface area contributed by atoms with Crippen molar-refractivity contribution in [3.63, 3.8) is 0 Å². The summed E-state index contributed by atoms with van der Waals surface area (Å²) in [4.78, 5) is 11.9. The van der Waals surface area contributed by atoms with Gasteiger partial charge in [-0.25, -0.2) is 0 Å². The fourth-order valence-corrected chi connectivity index (χ4v) is 2.35. The van der Waals surface area contributed by atoms with E-state index in [4.69, 9.17) is 5.73 Å². The summed E-state index contributed by atoms with van der Waals surface area (Å²) >= 11 is 0. The van der Waals surface area contributed by atoms with E-state index in [9.17, 15) is 4.79 Å². The molecule has 96 valence electrons. The molecule has 3 nitrogen and oxygen atoms in total. The van der Waals surface area contributed by atoms with Gasteiger partial charge in [0.1, 0.15) is 0 Å². The molecule has 0 bridgehead atoms. The number of aromatic nitrogens is 1. The molecule has 0 spiro atoms. The summed E-state index contributed by atoms with van der Waals surface area (Å²) in [5, 5.41) is 1.19. The van der Waals surface area contributed by atoms with E-state index in [2.05, 4.69) is 22.9 Å². The van der Waals surface area contributed by atoms with Crippen molar-refractivity contribution in [3.05, 3.63) is 36.0 Å². The van der Waals surface area contributed by atoms with E-state index in [0.717, 1.165) is 5.56 Å². The van der Waals surface area contributed by atoms with E-state index in [1.54, 1.807) is 0 Å². The summed E-state index contributed by atoms with van der Waals surface area (Å²) in [6.45, 7) is 3.79. The van der Waals surface area contributed by atoms with Crippen LogP contribution in [0.15, 0.2) is 30.5 Å². The number of nitrogens with zero attached hydrogens (tertiary/aromatic N) is 1. The van der Waals surface area contributed by atoms with Crippen LogP contribution in [0.5, 0.6) is 0 Å². The van der Waals surface area contributed by atoms with Crippen LogP contribution < -0.4 is 5.73 Å². The van der Waals surface area contributed by atoms with Gasteiger partial charge in [0.25, 0.3) is 0 Å². The smallest absolute Gasteiger partial charge is 0.152 e. The average molecular weight is 244 g/mol. The monoisotopic (exact) mass is 244 g/mol. The first kappa shape index (κ1) is 12.8. The number of Topliss-reactive ketones (excluding diaryl/α,β-unsaturated/α-hetero) is 1. The first-order valence-electron chi connectivity index (χ1n) is 6.33. The molecule has 0 amide bonds. The molecule has 1 aromatic carbocycles. The number of ketones is 1. The molecule has 0 saturated heterocycles. The van der Waals surface area contributed by atoms with Crippen molar-refractivity contribution < 1.29 is 4.79 Å². The van der Waals surface area contributed by atoms with Crippen molar-refractivity contribution in [2.75, 3.05) is 0 Å². The molecule has 18 heavy (non-hydrogen) atoms. The summed E-state index contributed by atoms with van der Waals surface area (Å²) < 4.78 is 2.08. The van der Waals surface area contributed by atoms with Gasteiger partial charge in [-0.2, -0.15) is 0 Å². The zero-order valence-electron chi connectivity index (χ0n) is 11.2. The maximum absolute atomic E-state index is 11.9. The molecule has 2 aromatic rings. The Bertz CT molecular complexity index is 569. The normalized spacial score (nSPS) is 13.2. The number of aryl methyl sites for hydroxylation is 1. The van der Waals surface area contributed by atoms with Gasteiger partial charge in [0.15, 0.2) is 5.78 Å². The lowest BCUT2D eigenvalue weighted by atomic mass is 9.96. The molecule has 2 N–H and O–H groups in total. The minimum Gasteiger partial charge on any atom is -0.350 e. The van der Waals surface area contributed by atoms with Crippen molar-refractivity contribution >= 4 is 16.7 Å². The maximum atomic E-state index is 11.9. The van der Waals surface area contributed by atoms with Crippen LogP contribution in [-0.4, -0.2) is 16.4 Å². The van der Waals surface area contributed by atoms with Crippen molar-refractivity contribution in [3.8, 4) is 0 Å². The molecule has 0 aliphatic carbocycles. The van der Waals surface area contributed by atoms with E-state index in [-0.39, 0.29) is 11.7 Å². The molecule has 1 aromatic heterocycles. The Labute approximate surface area is 108 Å². The third kappa shape index (κ3) is 2.31. The second-order valence-corrected chi connectivity index (χ2v) is 5.15. The van der Waals surface area contributed by atoms with Crippen molar-refractivity contribution in [1.82, 2.24) is 4.57 Å². The van der Waals surface area contributed by atoms with Crippen LogP contribution in [0, 0.1) is 5.92 Å². The fourth-order valence-electron chi connectivity index (χ4n) is 2.35. The molecule has 0 aliphatic heterocycles. The summed E-state index contributed by atoms with van der Waals surface area (Å²) in [6, 6.07) is 7.79. The molecule has 0 saturated carbocycles. The highest BCUT2D eigenvalue weighted by Crippen LogP contribution is 2.21. The molecule has 0 radical (unpaired) electrons. The highest BCUT2D eigenvalue weighted by Gasteiger charge is 2.19. The van der Waals surface area contributed by atoms with Gasteiger partial charge < -0.3 is 10.3 Å². The van der Waals surface area contributed by atoms with Crippen LogP contribution in [-0.2, 0) is 18.3 Å².